The van der Waals surface area contributed by atoms with Crippen molar-refractivity contribution < 1.29 is 0 Å². The maximum Gasteiger partial charge on any atom is 0.188 e. The summed E-state index contributed by atoms with van der Waals surface area (Å²) in [4.78, 5) is 5.14. The Morgan fingerprint density at radius 3 is 2.36 bits per heavy atom. The van der Waals surface area contributed by atoms with E-state index in [1.165, 1.54) is 12.0 Å². The minimum Gasteiger partial charge on any atom is -0.321 e. The molecule has 0 unspecified atom stereocenters. The van der Waals surface area contributed by atoms with Gasteiger partial charge in [0.15, 0.2) is 11.5 Å². The molecule has 1 fully saturated rings. The van der Waals surface area contributed by atoms with Gasteiger partial charge in [-0.2, -0.15) is 5.10 Å². The monoisotopic (exact) mass is 469 g/mol. The molecule has 7 nitrogen and oxygen atoms in total. The summed E-state index contributed by atoms with van der Waals surface area (Å²) < 4.78 is 1.94. The van der Waals surface area contributed by atoms with E-state index in [0.29, 0.717) is 11.5 Å². The molecule has 1 aliphatic carbocycles. The van der Waals surface area contributed by atoms with Gasteiger partial charge in [-0.05, 0) is 54.7 Å². The number of nitrogens with zero attached hydrogens (tertiary/aromatic N) is 6. The second-order valence-electron chi connectivity index (χ2n) is 9.41. The van der Waals surface area contributed by atoms with Gasteiger partial charge in [0.2, 0.25) is 0 Å². The molecule has 0 saturated heterocycles. The third kappa shape index (κ3) is 3.28. The fourth-order valence-corrected chi connectivity index (χ4v) is 5.05. The zero-order chi connectivity index (χ0) is 24.1. The van der Waals surface area contributed by atoms with E-state index in [1.807, 2.05) is 47.0 Å². The molecule has 6 aromatic rings. The van der Waals surface area contributed by atoms with Gasteiger partial charge < -0.3 is 5.73 Å². The van der Waals surface area contributed by atoms with E-state index in [0.717, 1.165) is 51.8 Å². The molecule has 1 aliphatic rings. The van der Waals surface area contributed by atoms with Crippen LogP contribution in [0.5, 0.6) is 0 Å². The van der Waals surface area contributed by atoms with Crippen molar-refractivity contribution in [2.75, 3.05) is 0 Å². The Kier molecular flexibility index (Phi) is 4.65. The summed E-state index contributed by atoms with van der Waals surface area (Å²) >= 11 is 0. The van der Waals surface area contributed by atoms with Crippen LogP contribution in [0.2, 0.25) is 0 Å². The minimum atomic E-state index is -0.183. The van der Waals surface area contributed by atoms with E-state index in [4.69, 9.17) is 10.7 Å². The molecule has 174 valence electrons. The standard InChI is InChI=1S/C29H23N7/c30-29(14-5-15-29)21-11-9-20(10-12-21)26-22(19-6-2-1-3-7-19)18-23-24(32-26)13-17-36-27(23)34-35-28(36)25-8-4-16-31-33-25/h1-4,6-13,16-18H,5,14-15,30H2. The summed E-state index contributed by atoms with van der Waals surface area (Å²) in [7, 11) is 0. The summed E-state index contributed by atoms with van der Waals surface area (Å²) in [5.74, 6) is 0.646. The maximum absolute atomic E-state index is 6.57. The molecule has 4 heterocycles. The second-order valence-corrected chi connectivity index (χ2v) is 9.41. The summed E-state index contributed by atoms with van der Waals surface area (Å²) in [6.07, 6.45) is 6.87. The normalized spacial score (nSPS) is 14.7. The van der Waals surface area contributed by atoms with Crippen LogP contribution in [0.1, 0.15) is 24.8 Å². The topological polar surface area (TPSA) is 94.9 Å². The molecule has 7 rings (SSSR count). The highest BCUT2D eigenvalue weighted by Gasteiger charge is 2.34. The van der Waals surface area contributed by atoms with Gasteiger partial charge in [-0.3, -0.25) is 4.40 Å². The summed E-state index contributed by atoms with van der Waals surface area (Å²) in [5, 5.41) is 18.0. The third-order valence-electron chi connectivity index (χ3n) is 7.24. The van der Waals surface area contributed by atoms with Crippen LogP contribution in [0.25, 0.3) is 50.5 Å². The van der Waals surface area contributed by atoms with Crippen molar-refractivity contribution >= 4 is 16.6 Å². The highest BCUT2D eigenvalue weighted by molar-refractivity contribution is 5.98. The molecule has 0 spiro atoms. The number of hydrogen-bond acceptors (Lipinski definition) is 6. The van der Waals surface area contributed by atoms with E-state index in [9.17, 15) is 0 Å². The molecule has 0 aliphatic heterocycles. The third-order valence-corrected chi connectivity index (χ3v) is 7.24. The van der Waals surface area contributed by atoms with Gasteiger partial charge in [0, 0.05) is 34.4 Å². The van der Waals surface area contributed by atoms with E-state index in [1.54, 1.807) is 6.20 Å². The summed E-state index contributed by atoms with van der Waals surface area (Å²) in [6, 6.07) is 26.8. The number of aromatic nitrogens is 6. The Labute approximate surface area is 207 Å². The lowest BCUT2D eigenvalue weighted by atomic mass is 9.72. The number of pyridine rings is 2. The zero-order valence-electron chi connectivity index (χ0n) is 19.5. The largest absolute Gasteiger partial charge is 0.321 e. The van der Waals surface area contributed by atoms with Gasteiger partial charge in [-0.1, -0.05) is 54.6 Å². The quantitative estimate of drug-likeness (QED) is 0.371. The second kappa shape index (κ2) is 8.03. The van der Waals surface area contributed by atoms with Crippen molar-refractivity contribution in [3.63, 3.8) is 0 Å². The predicted molar refractivity (Wildman–Crippen MR) is 140 cm³/mol. The van der Waals surface area contributed by atoms with E-state index in [-0.39, 0.29) is 5.54 Å². The van der Waals surface area contributed by atoms with E-state index < -0.39 is 0 Å². The molecule has 2 aromatic carbocycles. The van der Waals surface area contributed by atoms with Gasteiger partial charge in [-0.25, -0.2) is 4.98 Å². The van der Waals surface area contributed by atoms with E-state index in [2.05, 4.69) is 62.9 Å². The van der Waals surface area contributed by atoms with E-state index >= 15 is 0 Å². The first-order valence-corrected chi connectivity index (χ1v) is 12.1. The molecule has 2 N–H and O–H groups in total. The molecule has 0 atom stereocenters. The van der Waals surface area contributed by atoms with Crippen molar-refractivity contribution in [3.05, 3.63) is 96.8 Å². The summed E-state index contributed by atoms with van der Waals surface area (Å²) in [5.41, 5.74) is 14.0. The van der Waals surface area contributed by atoms with Crippen molar-refractivity contribution in [2.45, 2.75) is 24.8 Å². The van der Waals surface area contributed by atoms with Crippen LogP contribution >= 0.6 is 0 Å². The Bertz CT molecular complexity index is 1700. The molecule has 0 radical (unpaired) electrons. The fourth-order valence-electron chi connectivity index (χ4n) is 5.05. The minimum absolute atomic E-state index is 0.183. The van der Waals surface area contributed by atoms with Gasteiger partial charge in [0.1, 0.15) is 5.69 Å². The first-order chi connectivity index (χ1) is 17.7. The molecule has 7 heteroatoms. The SMILES string of the molecule is NC1(c2ccc(-c3nc4ccn5c(-c6cccnn6)nnc5c4cc3-c3ccccc3)cc2)CCC1. The van der Waals surface area contributed by atoms with Gasteiger partial charge in [0.25, 0.3) is 0 Å². The predicted octanol–water partition coefficient (Wildman–Crippen LogP) is 5.41. The average Bonchev–Trinajstić information content (AvgIpc) is 3.37. The summed E-state index contributed by atoms with van der Waals surface area (Å²) in [6.45, 7) is 0. The Morgan fingerprint density at radius 2 is 1.64 bits per heavy atom. The molecule has 1 saturated carbocycles. The van der Waals surface area contributed by atoms with Crippen molar-refractivity contribution in [3.8, 4) is 33.9 Å². The number of fused-ring (bicyclic) bond motifs is 3. The van der Waals surface area contributed by atoms with Gasteiger partial charge in [-0.15, -0.1) is 15.3 Å². The number of hydrogen-bond donors (Lipinski definition) is 1. The first kappa shape index (κ1) is 20.8. The highest BCUT2D eigenvalue weighted by Crippen LogP contribution is 2.40. The molecule has 0 amide bonds. The van der Waals surface area contributed by atoms with Crippen molar-refractivity contribution in [2.24, 2.45) is 5.73 Å². The zero-order valence-corrected chi connectivity index (χ0v) is 19.5. The Balaban J connectivity index is 1.43. The van der Waals surface area contributed by atoms with Crippen LogP contribution in [-0.2, 0) is 5.54 Å². The lowest BCUT2D eigenvalue weighted by molar-refractivity contribution is 0.253. The van der Waals surface area contributed by atoms with Crippen LogP contribution in [-0.4, -0.2) is 29.8 Å². The van der Waals surface area contributed by atoms with Crippen LogP contribution < -0.4 is 5.73 Å². The molecule has 0 bridgehead atoms. The molecular formula is C29H23N7. The maximum atomic E-state index is 6.57. The lowest BCUT2D eigenvalue weighted by Gasteiger charge is -2.38. The van der Waals surface area contributed by atoms with Crippen LogP contribution in [0.3, 0.4) is 0 Å². The fraction of sp³-hybridized carbons (Fsp3) is 0.138. The van der Waals surface area contributed by atoms with Crippen molar-refractivity contribution in [1.82, 2.24) is 29.8 Å². The molecule has 4 aromatic heterocycles. The smallest absolute Gasteiger partial charge is 0.188 e. The number of rotatable bonds is 4. The average molecular weight is 470 g/mol. The van der Waals surface area contributed by atoms with Crippen LogP contribution in [0.15, 0.2) is 91.3 Å². The number of benzene rings is 2. The highest BCUT2D eigenvalue weighted by atomic mass is 15.3. The van der Waals surface area contributed by atoms with Crippen LogP contribution in [0, 0.1) is 0 Å². The number of nitrogens with two attached hydrogens (primary N) is 1. The molecular weight excluding hydrogens is 446 g/mol. The van der Waals surface area contributed by atoms with Gasteiger partial charge in [0.05, 0.1) is 11.2 Å². The van der Waals surface area contributed by atoms with Crippen LogP contribution in [0.4, 0.5) is 0 Å². The van der Waals surface area contributed by atoms with Crippen molar-refractivity contribution in [1.29, 1.82) is 0 Å². The lowest BCUT2D eigenvalue weighted by Crippen LogP contribution is -2.43. The Morgan fingerprint density at radius 1 is 0.806 bits per heavy atom. The first-order valence-electron chi connectivity index (χ1n) is 12.1. The Hall–Kier alpha value is -4.49. The molecule has 36 heavy (non-hydrogen) atoms. The van der Waals surface area contributed by atoms with Gasteiger partial charge >= 0.3 is 0 Å².